The van der Waals surface area contributed by atoms with Gasteiger partial charge in [-0.15, -0.1) is 24.0 Å². The van der Waals surface area contributed by atoms with Crippen molar-refractivity contribution in [2.45, 2.75) is 25.8 Å². The molecule has 1 saturated heterocycles. The van der Waals surface area contributed by atoms with Gasteiger partial charge in [-0.05, 0) is 31.9 Å². The van der Waals surface area contributed by atoms with Gasteiger partial charge in [0.2, 0.25) is 0 Å². The van der Waals surface area contributed by atoms with Gasteiger partial charge in [-0.3, -0.25) is 4.99 Å². The largest absolute Gasteiger partial charge is 0.495 e. The lowest BCUT2D eigenvalue weighted by Crippen LogP contribution is -2.51. The molecule has 0 radical (unpaired) electrons. The lowest BCUT2D eigenvalue weighted by molar-refractivity contribution is 0.306. The van der Waals surface area contributed by atoms with E-state index in [0.29, 0.717) is 12.6 Å². The van der Waals surface area contributed by atoms with Crippen molar-refractivity contribution in [2.24, 2.45) is 4.99 Å². The summed E-state index contributed by atoms with van der Waals surface area (Å²) in [5.74, 6) is 1.68. The summed E-state index contributed by atoms with van der Waals surface area (Å²) in [5, 5.41) is 15.7. The second-order valence-corrected chi connectivity index (χ2v) is 5.59. The Balaban J connectivity index is 0.00000288. The number of rotatable bonds is 6. The normalized spacial score (nSPS) is 17.9. The smallest absolute Gasteiger partial charge is 0.191 e. The molecule has 0 bridgehead atoms. The third kappa shape index (κ3) is 6.01. The molecule has 7 heteroatoms. The molecular weight excluding hydrogens is 419 g/mol. The number of nitrogens with one attached hydrogen (secondary N) is 2. The number of guanidine groups is 1. The summed E-state index contributed by atoms with van der Waals surface area (Å²) >= 11 is 0. The highest BCUT2D eigenvalue weighted by atomic mass is 127. The van der Waals surface area contributed by atoms with Crippen LogP contribution in [-0.2, 0) is 0 Å². The molecule has 1 aromatic carbocycles. The Labute approximate surface area is 161 Å². The Bertz CT molecular complexity index is 513. The SMILES string of the molecule is CCNC(=NCCO)NC1CCCN(c2ccccc2OC)C1.I. The van der Waals surface area contributed by atoms with Crippen LogP contribution in [0.15, 0.2) is 29.3 Å². The number of piperidine rings is 1. The molecule has 0 aliphatic carbocycles. The van der Waals surface area contributed by atoms with E-state index in [-0.39, 0.29) is 30.6 Å². The molecule has 6 nitrogen and oxygen atoms in total. The molecule has 136 valence electrons. The molecule has 1 aliphatic heterocycles. The molecule has 1 atom stereocenters. The fourth-order valence-corrected chi connectivity index (χ4v) is 2.88. The van der Waals surface area contributed by atoms with Gasteiger partial charge in [0.25, 0.3) is 0 Å². The minimum absolute atomic E-state index is 0. The third-order valence-electron chi connectivity index (χ3n) is 3.90. The van der Waals surface area contributed by atoms with Gasteiger partial charge in [0.05, 0.1) is 25.9 Å². The Kier molecular flexibility index (Phi) is 9.85. The maximum atomic E-state index is 8.95. The average Bonchev–Trinajstić information content (AvgIpc) is 2.60. The van der Waals surface area contributed by atoms with Gasteiger partial charge in [0.15, 0.2) is 5.96 Å². The Morgan fingerprint density at radius 1 is 1.42 bits per heavy atom. The zero-order valence-corrected chi connectivity index (χ0v) is 16.8. The number of halogens is 1. The number of hydrogen-bond donors (Lipinski definition) is 3. The molecule has 1 aromatic rings. The third-order valence-corrected chi connectivity index (χ3v) is 3.90. The van der Waals surface area contributed by atoms with Crippen molar-refractivity contribution in [3.8, 4) is 5.75 Å². The highest BCUT2D eigenvalue weighted by Crippen LogP contribution is 2.29. The van der Waals surface area contributed by atoms with E-state index in [4.69, 9.17) is 9.84 Å². The molecule has 3 N–H and O–H groups in total. The van der Waals surface area contributed by atoms with Crippen LogP contribution in [0.5, 0.6) is 5.75 Å². The number of aliphatic imine (C=N–C) groups is 1. The second kappa shape index (κ2) is 11.4. The first-order chi connectivity index (χ1) is 11.3. The number of ether oxygens (including phenoxy) is 1. The van der Waals surface area contributed by atoms with Gasteiger partial charge in [-0.2, -0.15) is 0 Å². The molecule has 1 aliphatic rings. The first kappa shape index (κ1) is 20.8. The number of para-hydroxylation sites is 2. The molecule has 0 spiro atoms. The predicted molar refractivity (Wildman–Crippen MR) is 110 cm³/mol. The number of hydrogen-bond acceptors (Lipinski definition) is 4. The summed E-state index contributed by atoms with van der Waals surface area (Å²) in [7, 11) is 1.71. The maximum Gasteiger partial charge on any atom is 0.191 e. The van der Waals surface area contributed by atoms with Crippen LogP contribution in [0.2, 0.25) is 0 Å². The lowest BCUT2D eigenvalue weighted by Gasteiger charge is -2.36. The lowest BCUT2D eigenvalue weighted by atomic mass is 10.0. The van der Waals surface area contributed by atoms with Gasteiger partial charge in [-0.25, -0.2) is 0 Å². The van der Waals surface area contributed by atoms with E-state index < -0.39 is 0 Å². The van der Waals surface area contributed by atoms with Crippen molar-refractivity contribution in [1.82, 2.24) is 10.6 Å². The molecular formula is C17H29IN4O2. The molecule has 0 aromatic heterocycles. The monoisotopic (exact) mass is 448 g/mol. The Hall–Kier alpha value is -1.22. The van der Waals surface area contributed by atoms with E-state index in [1.165, 1.54) is 0 Å². The first-order valence-electron chi connectivity index (χ1n) is 8.32. The number of aliphatic hydroxyl groups excluding tert-OH is 1. The van der Waals surface area contributed by atoms with E-state index >= 15 is 0 Å². The van der Waals surface area contributed by atoms with Gasteiger partial charge < -0.3 is 25.4 Å². The van der Waals surface area contributed by atoms with Crippen LogP contribution in [-0.4, -0.2) is 57.0 Å². The highest BCUT2D eigenvalue weighted by molar-refractivity contribution is 14.0. The van der Waals surface area contributed by atoms with E-state index in [1.54, 1.807) is 7.11 Å². The van der Waals surface area contributed by atoms with Crippen molar-refractivity contribution >= 4 is 35.6 Å². The van der Waals surface area contributed by atoms with E-state index in [1.807, 2.05) is 25.1 Å². The van der Waals surface area contributed by atoms with Crippen LogP contribution < -0.4 is 20.3 Å². The summed E-state index contributed by atoms with van der Waals surface area (Å²) in [6.45, 7) is 5.26. The predicted octanol–water partition coefficient (Wildman–Crippen LogP) is 1.83. The first-order valence-corrected chi connectivity index (χ1v) is 8.32. The van der Waals surface area contributed by atoms with Gasteiger partial charge >= 0.3 is 0 Å². The molecule has 1 heterocycles. The van der Waals surface area contributed by atoms with Gasteiger partial charge in [0, 0.05) is 25.7 Å². The fourth-order valence-electron chi connectivity index (χ4n) is 2.88. The fraction of sp³-hybridized carbons (Fsp3) is 0.588. The minimum Gasteiger partial charge on any atom is -0.495 e. The summed E-state index contributed by atoms with van der Waals surface area (Å²) in [6.07, 6.45) is 2.23. The van der Waals surface area contributed by atoms with Crippen LogP contribution in [0, 0.1) is 0 Å². The van der Waals surface area contributed by atoms with E-state index in [9.17, 15) is 0 Å². The van der Waals surface area contributed by atoms with Gasteiger partial charge in [-0.1, -0.05) is 12.1 Å². The second-order valence-electron chi connectivity index (χ2n) is 5.59. The zero-order chi connectivity index (χ0) is 16.5. The number of methoxy groups -OCH3 is 1. The summed E-state index contributed by atoms with van der Waals surface area (Å²) in [4.78, 5) is 6.72. The average molecular weight is 448 g/mol. The summed E-state index contributed by atoms with van der Waals surface area (Å²) in [5.41, 5.74) is 1.14. The van der Waals surface area contributed by atoms with Crippen molar-refractivity contribution in [1.29, 1.82) is 0 Å². The summed E-state index contributed by atoms with van der Waals surface area (Å²) in [6, 6.07) is 8.46. The van der Waals surface area contributed by atoms with Crippen molar-refractivity contribution in [2.75, 3.05) is 44.8 Å². The van der Waals surface area contributed by atoms with Crippen LogP contribution >= 0.6 is 24.0 Å². The van der Waals surface area contributed by atoms with E-state index in [0.717, 1.165) is 49.9 Å². The van der Waals surface area contributed by atoms with Gasteiger partial charge in [0.1, 0.15) is 5.75 Å². The molecule has 0 amide bonds. The molecule has 1 fully saturated rings. The number of nitrogens with zero attached hydrogens (tertiary/aromatic N) is 2. The quantitative estimate of drug-likeness (QED) is 0.352. The van der Waals surface area contributed by atoms with Crippen molar-refractivity contribution < 1.29 is 9.84 Å². The number of benzene rings is 1. The standard InChI is InChI=1S/C17H28N4O2.HI/c1-3-18-17(19-10-12-22)20-14-7-6-11-21(13-14)15-8-4-5-9-16(15)23-2;/h4-5,8-9,14,22H,3,6-7,10-13H2,1-2H3,(H2,18,19,20);1H. The van der Waals surface area contributed by atoms with Crippen LogP contribution in [0.25, 0.3) is 0 Å². The molecule has 0 saturated carbocycles. The molecule has 24 heavy (non-hydrogen) atoms. The zero-order valence-electron chi connectivity index (χ0n) is 14.5. The van der Waals surface area contributed by atoms with Crippen LogP contribution in [0.4, 0.5) is 5.69 Å². The Morgan fingerprint density at radius 2 is 2.21 bits per heavy atom. The van der Waals surface area contributed by atoms with Crippen molar-refractivity contribution in [3.05, 3.63) is 24.3 Å². The highest BCUT2D eigenvalue weighted by Gasteiger charge is 2.22. The molecule has 2 rings (SSSR count). The topological polar surface area (TPSA) is 69.1 Å². The minimum atomic E-state index is 0. The van der Waals surface area contributed by atoms with Crippen LogP contribution in [0.1, 0.15) is 19.8 Å². The number of aliphatic hydroxyl groups is 1. The summed E-state index contributed by atoms with van der Waals surface area (Å²) < 4.78 is 5.48. The molecule has 1 unspecified atom stereocenters. The van der Waals surface area contributed by atoms with Crippen LogP contribution in [0.3, 0.4) is 0 Å². The van der Waals surface area contributed by atoms with Crippen molar-refractivity contribution in [3.63, 3.8) is 0 Å². The Morgan fingerprint density at radius 3 is 2.92 bits per heavy atom. The maximum absolute atomic E-state index is 8.95. The number of anilines is 1. The van der Waals surface area contributed by atoms with E-state index in [2.05, 4.69) is 26.6 Å².